The minimum absolute atomic E-state index is 0.227. The normalized spacial score (nSPS) is 11.9. The zero-order chi connectivity index (χ0) is 18.5. The van der Waals surface area contributed by atoms with Gasteiger partial charge in [-0.15, -0.1) is 0 Å². The van der Waals surface area contributed by atoms with E-state index in [0.717, 1.165) is 12.8 Å². The van der Waals surface area contributed by atoms with Crippen LogP contribution in [0.25, 0.3) is 5.69 Å². The predicted molar refractivity (Wildman–Crippen MR) is 104 cm³/mol. The van der Waals surface area contributed by atoms with Gasteiger partial charge in [-0.3, -0.25) is 14.7 Å². The Hall–Kier alpha value is -3.08. The van der Waals surface area contributed by atoms with Gasteiger partial charge >= 0.3 is 0 Å². The van der Waals surface area contributed by atoms with Crippen LogP contribution in [0.1, 0.15) is 48.5 Å². The first-order valence-corrected chi connectivity index (χ1v) is 8.87. The average Bonchev–Trinajstić information content (AvgIpc) is 3.03. The van der Waals surface area contributed by atoms with Crippen LogP contribution in [0, 0.1) is 0 Å². The van der Waals surface area contributed by atoms with Gasteiger partial charge in [-0.1, -0.05) is 50.6 Å². The van der Waals surface area contributed by atoms with Gasteiger partial charge < -0.3 is 5.32 Å². The Kier molecular flexibility index (Phi) is 5.37. The molecule has 1 unspecified atom stereocenters. The maximum Gasteiger partial charge on any atom is 0.273 e. The Morgan fingerprint density at radius 1 is 1.12 bits per heavy atom. The van der Waals surface area contributed by atoms with E-state index < -0.39 is 0 Å². The second kappa shape index (κ2) is 7.87. The number of aromatic nitrogens is 2. The smallest absolute Gasteiger partial charge is 0.273 e. The van der Waals surface area contributed by atoms with Crippen LogP contribution in [0.15, 0.2) is 65.5 Å². The van der Waals surface area contributed by atoms with Gasteiger partial charge in [-0.05, 0) is 42.2 Å². The summed E-state index contributed by atoms with van der Waals surface area (Å²) >= 11 is 0. The molecule has 3 rings (SSSR count). The van der Waals surface area contributed by atoms with Crippen LogP contribution in [0.4, 0.5) is 5.82 Å². The highest BCUT2D eigenvalue weighted by Gasteiger charge is 2.11. The maximum atomic E-state index is 12.4. The molecule has 0 aliphatic rings. The Morgan fingerprint density at radius 3 is 2.46 bits per heavy atom. The van der Waals surface area contributed by atoms with E-state index in [0.29, 0.717) is 23.0 Å². The molecule has 1 heterocycles. The van der Waals surface area contributed by atoms with Crippen LogP contribution in [0.2, 0.25) is 0 Å². The molecule has 2 N–H and O–H groups in total. The van der Waals surface area contributed by atoms with E-state index in [1.54, 1.807) is 0 Å². The lowest BCUT2D eigenvalue weighted by atomic mass is 9.96. The first-order valence-electron chi connectivity index (χ1n) is 8.87. The van der Waals surface area contributed by atoms with E-state index in [4.69, 9.17) is 0 Å². The van der Waals surface area contributed by atoms with Gasteiger partial charge in [0, 0.05) is 11.6 Å². The van der Waals surface area contributed by atoms with Crippen molar-refractivity contribution in [2.75, 3.05) is 5.32 Å². The number of anilines is 1. The zero-order valence-corrected chi connectivity index (χ0v) is 15.0. The van der Waals surface area contributed by atoms with E-state index in [1.165, 1.54) is 16.3 Å². The Labute approximate surface area is 152 Å². The van der Waals surface area contributed by atoms with Crippen molar-refractivity contribution < 1.29 is 4.79 Å². The van der Waals surface area contributed by atoms with Crippen molar-refractivity contribution in [1.82, 2.24) is 9.78 Å². The number of H-pyrrole nitrogens is 1. The van der Waals surface area contributed by atoms with Crippen molar-refractivity contribution in [1.29, 1.82) is 0 Å². The van der Waals surface area contributed by atoms with E-state index >= 15 is 0 Å². The van der Waals surface area contributed by atoms with E-state index in [-0.39, 0.29) is 11.5 Å². The summed E-state index contributed by atoms with van der Waals surface area (Å²) in [6.45, 7) is 4.36. The Morgan fingerprint density at radius 2 is 1.81 bits per heavy atom. The SMILES string of the molecule is CCCC(C)c1ccc(C(=O)Nc2cc(=O)n(-c3ccccc3)[nH]2)cc1. The highest BCUT2D eigenvalue weighted by Crippen LogP contribution is 2.21. The molecular weight excluding hydrogens is 326 g/mol. The third-order valence-electron chi connectivity index (χ3n) is 4.45. The molecule has 134 valence electrons. The van der Waals surface area contributed by atoms with E-state index in [9.17, 15) is 9.59 Å². The maximum absolute atomic E-state index is 12.4. The average molecular weight is 349 g/mol. The van der Waals surface area contributed by atoms with Crippen molar-refractivity contribution in [2.24, 2.45) is 0 Å². The largest absolute Gasteiger partial charge is 0.307 e. The number of rotatable bonds is 6. The molecule has 0 fully saturated rings. The molecule has 2 aromatic carbocycles. The molecule has 3 aromatic rings. The summed E-state index contributed by atoms with van der Waals surface area (Å²) < 4.78 is 1.39. The second-order valence-corrected chi connectivity index (χ2v) is 6.44. The number of nitrogens with one attached hydrogen (secondary N) is 2. The standard InChI is InChI=1S/C21H23N3O2/c1-3-7-15(2)16-10-12-17(13-11-16)21(26)22-19-14-20(25)24(23-19)18-8-5-4-6-9-18/h4-6,8-15,23H,3,7H2,1-2H3,(H,22,26). The summed E-state index contributed by atoms with van der Waals surface area (Å²) in [6.07, 6.45) is 2.26. The first kappa shape index (κ1) is 17.7. The van der Waals surface area contributed by atoms with Gasteiger partial charge in [0.15, 0.2) is 0 Å². The number of carbonyl (C=O) groups excluding carboxylic acids is 1. The number of aromatic amines is 1. The summed E-state index contributed by atoms with van der Waals surface area (Å²) in [5.74, 6) is 0.599. The minimum Gasteiger partial charge on any atom is -0.307 e. The molecule has 0 saturated carbocycles. The molecule has 5 heteroatoms. The topological polar surface area (TPSA) is 66.9 Å². The molecule has 0 radical (unpaired) electrons. The van der Waals surface area contributed by atoms with Gasteiger partial charge in [-0.25, -0.2) is 4.68 Å². The number of para-hydroxylation sites is 1. The van der Waals surface area contributed by atoms with Gasteiger partial charge in [0.25, 0.3) is 11.5 Å². The summed E-state index contributed by atoms with van der Waals surface area (Å²) in [6, 6.07) is 18.2. The van der Waals surface area contributed by atoms with Gasteiger partial charge in [0.05, 0.1) is 5.69 Å². The Balaban J connectivity index is 1.73. The van der Waals surface area contributed by atoms with Gasteiger partial charge in [-0.2, -0.15) is 0 Å². The lowest BCUT2D eigenvalue weighted by Gasteiger charge is -2.11. The van der Waals surface area contributed by atoms with Gasteiger partial charge in [0.1, 0.15) is 5.82 Å². The number of hydrogen-bond donors (Lipinski definition) is 2. The minimum atomic E-state index is -0.249. The first-order chi connectivity index (χ1) is 12.6. The van der Waals surface area contributed by atoms with Crippen LogP contribution in [-0.2, 0) is 0 Å². The zero-order valence-electron chi connectivity index (χ0n) is 15.0. The lowest BCUT2D eigenvalue weighted by Crippen LogP contribution is -2.13. The number of amides is 1. The molecule has 0 aliphatic carbocycles. The fraction of sp³-hybridized carbons (Fsp3) is 0.238. The summed E-state index contributed by atoms with van der Waals surface area (Å²) in [7, 11) is 0. The molecule has 1 atom stereocenters. The molecule has 5 nitrogen and oxygen atoms in total. The highest BCUT2D eigenvalue weighted by atomic mass is 16.2. The third kappa shape index (κ3) is 3.94. The fourth-order valence-electron chi connectivity index (χ4n) is 2.99. The molecule has 26 heavy (non-hydrogen) atoms. The van der Waals surface area contributed by atoms with Crippen molar-refractivity contribution in [3.63, 3.8) is 0 Å². The second-order valence-electron chi connectivity index (χ2n) is 6.44. The van der Waals surface area contributed by atoms with Crippen LogP contribution in [0.5, 0.6) is 0 Å². The van der Waals surface area contributed by atoms with Crippen LogP contribution in [0.3, 0.4) is 0 Å². The van der Waals surface area contributed by atoms with Gasteiger partial charge in [0.2, 0.25) is 0 Å². The Bertz CT molecular complexity index is 924. The van der Waals surface area contributed by atoms with Crippen LogP contribution < -0.4 is 10.9 Å². The van der Waals surface area contributed by atoms with Crippen molar-refractivity contribution in [3.8, 4) is 5.69 Å². The predicted octanol–water partition coefficient (Wildman–Crippen LogP) is 4.32. The molecule has 1 amide bonds. The quantitative estimate of drug-likeness (QED) is 0.696. The molecule has 0 spiro atoms. The number of nitrogens with zero attached hydrogens (tertiary/aromatic N) is 1. The van der Waals surface area contributed by atoms with E-state index in [1.807, 2.05) is 54.6 Å². The van der Waals surface area contributed by atoms with Crippen LogP contribution >= 0.6 is 0 Å². The monoisotopic (exact) mass is 349 g/mol. The third-order valence-corrected chi connectivity index (χ3v) is 4.45. The molecular formula is C21H23N3O2. The van der Waals surface area contributed by atoms with Crippen molar-refractivity contribution in [3.05, 3.63) is 82.1 Å². The number of carbonyl (C=O) groups is 1. The summed E-state index contributed by atoms with van der Waals surface area (Å²) in [5.41, 5.74) is 2.28. The molecule has 1 aromatic heterocycles. The van der Waals surface area contributed by atoms with E-state index in [2.05, 4.69) is 24.3 Å². The summed E-state index contributed by atoms with van der Waals surface area (Å²) in [4.78, 5) is 24.6. The fourth-order valence-corrected chi connectivity index (χ4v) is 2.99. The number of hydrogen-bond acceptors (Lipinski definition) is 2. The lowest BCUT2D eigenvalue weighted by molar-refractivity contribution is 0.102. The summed E-state index contributed by atoms with van der Waals surface area (Å²) in [5, 5.41) is 5.66. The van der Waals surface area contributed by atoms with Crippen molar-refractivity contribution in [2.45, 2.75) is 32.6 Å². The molecule has 0 bridgehead atoms. The molecule has 0 saturated heterocycles. The number of benzene rings is 2. The van der Waals surface area contributed by atoms with Crippen molar-refractivity contribution >= 4 is 11.7 Å². The van der Waals surface area contributed by atoms with Crippen LogP contribution in [-0.4, -0.2) is 15.7 Å². The molecule has 0 aliphatic heterocycles. The highest BCUT2D eigenvalue weighted by molar-refractivity contribution is 6.03.